The summed E-state index contributed by atoms with van der Waals surface area (Å²) in [6.45, 7) is 3.28. The highest BCUT2D eigenvalue weighted by molar-refractivity contribution is 6.04. The number of rotatable bonds is 5. The van der Waals surface area contributed by atoms with Crippen LogP contribution in [-0.2, 0) is 11.3 Å². The van der Waals surface area contributed by atoms with Crippen molar-refractivity contribution >= 4 is 22.6 Å². The molecule has 1 amide bonds. The predicted octanol–water partition coefficient (Wildman–Crippen LogP) is 2.13. The van der Waals surface area contributed by atoms with Gasteiger partial charge in [0.05, 0.1) is 11.3 Å². The summed E-state index contributed by atoms with van der Waals surface area (Å²) >= 11 is 0. The lowest BCUT2D eigenvalue weighted by Crippen LogP contribution is -2.41. The number of aliphatic carboxylic acids is 1. The number of carbonyl (C=O) groups excluding carboxylic acids is 1. The lowest BCUT2D eigenvalue weighted by Gasteiger charge is -2.30. The smallest absolute Gasteiger partial charge is 0.306 e. The number of unbranched alkanes of at least 4 members (excludes halogenated alkanes) is 1. The van der Waals surface area contributed by atoms with Gasteiger partial charge >= 0.3 is 5.97 Å². The number of carbonyl (C=O) groups is 2. The van der Waals surface area contributed by atoms with Gasteiger partial charge < -0.3 is 10.0 Å². The number of hydrogen-bond acceptors (Lipinski definition) is 4. The van der Waals surface area contributed by atoms with Gasteiger partial charge in [0, 0.05) is 25.0 Å². The second kappa shape index (κ2) is 7.68. The number of piperidine rings is 1. The molecule has 0 radical (unpaired) electrons. The molecular formula is C19H23N3O4. The molecule has 1 aromatic heterocycles. The monoisotopic (exact) mass is 357 g/mol. The van der Waals surface area contributed by atoms with Crippen molar-refractivity contribution in [2.24, 2.45) is 5.92 Å². The molecule has 0 unspecified atom stereocenters. The van der Waals surface area contributed by atoms with Gasteiger partial charge in [-0.3, -0.25) is 14.4 Å². The topological polar surface area (TPSA) is 92.5 Å². The second-order valence-electron chi connectivity index (χ2n) is 6.68. The van der Waals surface area contributed by atoms with Crippen molar-refractivity contribution in [3.63, 3.8) is 0 Å². The molecule has 1 aromatic carbocycles. The fraction of sp³-hybridized carbons (Fsp3) is 0.474. The lowest BCUT2D eigenvalue weighted by molar-refractivity contribution is -0.143. The maximum absolute atomic E-state index is 13.0. The molecule has 0 saturated carbocycles. The molecule has 3 rings (SSSR count). The average Bonchev–Trinajstić information content (AvgIpc) is 2.67. The molecule has 0 bridgehead atoms. The molecule has 1 aliphatic rings. The summed E-state index contributed by atoms with van der Waals surface area (Å²) in [7, 11) is 0. The van der Waals surface area contributed by atoms with Crippen LogP contribution in [0.1, 0.15) is 43.1 Å². The number of hydrogen-bond donors (Lipinski definition) is 1. The highest BCUT2D eigenvalue weighted by Gasteiger charge is 2.29. The number of fused-ring (bicyclic) bond motifs is 1. The Labute approximate surface area is 151 Å². The molecule has 1 fully saturated rings. The van der Waals surface area contributed by atoms with E-state index in [0.29, 0.717) is 43.2 Å². The third-order valence-electron chi connectivity index (χ3n) is 4.93. The van der Waals surface area contributed by atoms with E-state index in [4.69, 9.17) is 5.11 Å². The van der Waals surface area contributed by atoms with E-state index in [9.17, 15) is 14.4 Å². The third-order valence-corrected chi connectivity index (χ3v) is 4.93. The Balaban J connectivity index is 1.96. The highest BCUT2D eigenvalue weighted by atomic mass is 16.4. The van der Waals surface area contributed by atoms with Crippen LogP contribution in [0.25, 0.3) is 10.8 Å². The molecule has 0 aliphatic carbocycles. The lowest BCUT2D eigenvalue weighted by atomic mass is 9.97. The van der Waals surface area contributed by atoms with Gasteiger partial charge in [-0.1, -0.05) is 31.5 Å². The number of carboxylic acids is 1. The average molecular weight is 357 g/mol. The van der Waals surface area contributed by atoms with E-state index in [1.54, 1.807) is 29.2 Å². The van der Waals surface area contributed by atoms with Gasteiger partial charge in [0.25, 0.3) is 11.5 Å². The highest BCUT2D eigenvalue weighted by Crippen LogP contribution is 2.21. The van der Waals surface area contributed by atoms with Crippen LogP contribution in [0.15, 0.2) is 29.1 Å². The number of carboxylic acid groups (broad SMARTS) is 1. The van der Waals surface area contributed by atoms with Crippen molar-refractivity contribution < 1.29 is 14.7 Å². The number of likely N-dealkylation sites (tertiary alicyclic amines) is 1. The Morgan fingerprint density at radius 1 is 1.19 bits per heavy atom. The quantitative estimate of drug-likeness (QED) is 0.885. The molecule has 0 atom stereocenters. The Bertz CT molecular complexity index is 882. The summed E-state index contributed by atoms with van der Waals surface area (Å²) in [5.41, 5.74) is 0.0836. The summed E-state index contributed by atoms with van der Waals surface area (Å²) in [5, 5.41) is 14.5. The molecular weight excluding hydrogens is 334 g/mol. The number of aryl methyl sites for hydroxylation is 1. The van der Waals surface area contributed by atoms with Crippen LogP contribution < -0.4 is 5.56 Å². The largest absolute Gasteiger partial charge is 0.481 e. The Morgan fingerprint density at radius 3 is 2.46 bits per heavy atom. The Kier molecular flexibility index (Phi) is 5.35. The number of amides is 1. The molecule has 7 nitrogen and oxygen atoms in total. The molecule has 2 aromatic rings. The third kappa shape index (κ3) is 3.47. The van der Waals surface area contributed by atoms with E-state index < -0.39 is 11.9 Å². The van der Waals surface area contributed by atoms with E-state index in [1.807, 2.05) is 6.92 Å². The minimum absolute atomic E-state index is 0.185. The zero-order valence-electron chi connectivity index (χ0n) is 14.9. The van der Waals surface area contributed by atoms with Crippen LogP contribution >= 0.6 is 0 Å². The molecule has 1 N–H and O–H groups in total. The minimum atomic E-state index is -0.811. The van der Waals surface area contributed by atoms with Crippen molar-refractivity contribution in [3.8, 4) is 0 Å². The first kappa shape index (κ1) is 18.1. The van der Waals surface area contributed by atoms with Crippen molar-refractivity contribution in [3.05, 3.63) is 40.3 Å². The fourth-order valence-electron chi connectivity index (χ4n) is 3.33. The van der Waals surface area contributed by atoms with Gasteiger partial charge in [-0.15, -0.1) is 0 Å². The summed E-state index contributed by atoms with van der Waals surface area (Å²) in [4.78, 5) is 38.4. The minimum Gasteiger partial charge on any atom is -0.481 e. The van der Waals surface area contributed by atoms with Crippen molar-refractivity contribution in [1.29, 1.82) is 0 Å². The van der Waals surface area contributed by atoms with Crippen molar-refractivity contribution in [2.45, 2.75) is 39.2 Å². The summed E-state index contributed by atoms with van der Waals surface area (Å²) in [5.74, 6) is -1.45. The molecule has 7 heteroatoms. The predicted molar refractivity (Wildman–Crippen MR) is 97.2 cm³/mol. The standard InChI is InChI=1S/C19H23N3O4/c1-2-3-10-22-17(23)15-7-5-4-6-14(15)16(20-22)18(24)21-11-8-13(9-12-21)19(25)26/h4-7,13H,2-3,8-12H2,1H3,(H,25,26). The maximum atomic E-state index is 13.0. The Morgan fingerprint density at radius 2 is 1.85 bits per heavy atom. The first-order valence-corrected chi connectivity index (χ1v) is 9.05. The van der Waals surface area contributed by atoms with Crippen LogP contribution in [-0.4, -0.2) is 44.8 Å². The van der Waals surface area contributed by atoms with Gasteiger partial charge in [-0.2, -0.15) is 5.10 Å². The van der Waals surface area contributed by atoms with Crippen LogP contribution in [0.5, 0.6) is 0 Å². The summed E-state index contributed by atoms with van der Waals surface area (Å²) in [6.07, 6.45) is 2.61. The number of benzene rings is 1. The van der Waals surface area contributed by atoms with Gasteiger partial charge in [0.15, 0.2) is 5.69 Å². The van der Waals surface area contributed by atoms with Crippen LogP contribution in [0.3, 0.4) is 0 Å². The number of nitrogens with zero attached hydrogens (tertiary/aromatic N) is 3. The van der Waals surface area contributed by atoms with Gasteiger partial charge in [-0.05, 0) is 25.3 Å². The normalized spacial score (nSPS) is 15.3. The van der Waals surface area contributed by atoms with Crippen molar-refractivity contribution in [2.75, 3.05) is 13.1 Å². The SMILES string of the molecule is CCCCn1nc(C(=O)N2CCC(C(=O)O)CC2)c2ccccc2c1=O. The maximum Gasteiger partial charge on any atom is 0.306 e. The van der Waals surface area contributed by atoms with Crippen LogP contribution in [0.4, 0.5) is 0 Å². The molecule has 26 heavy (non-hydrogen) atoms. The Hall–Kier alpha value is -2.70. The summed E-state index contributed by atoms with van der Waals surface area (Å²) < 4.78 is 1.38. The van der Waals surface area contributed by atoms with Crippen molar-refractivity contribution in [1.82, 2.24) is 14.7 Å². The van der Waals surface area contributed by atoms with E-state index in [1.165, 1.54) is 4.68 Å². The molecule has 1 saturated heterocycles. The molecule has 1 aliphatic heterocycles. The van der Waals surface area contributed by atoms with Crippen LogP contribution in [0, 0.1) is 5.92 Å². The molecule has 138 valence electrons. The molecule has 0 spiro atoms. The fourth-order valence-corrected chi connectivity index (χ4v) is 3.33. The van der Waals surface area contributed by atoms with Gasteiger partial charge in [0.1, 0.15) is 0 Å². The summed E-state index contributed by atoms with van der Waals surface area (Å²) in [6, 6.07) is 7.02. The zero-order chi connectivity index (χ0) is 18.7. The van der Waals surface area contributed by atoms with E-state index in [0.717, 1.165) is 12.8 Å². The van der Waals surface area contributed by atoms with Gasteiger partial charge in [0.2, 0.25) is 0 Å². The molecule has 2 heterocycles. The van der Waals surface area contributed by atoms with Crippen LogP contribution in [0.2, 0.25) is 0 Å². The van der Waals surface area contributed by atoms with E-state index in [2.05, 4.69) is 5.10 Å². The first-order chi connectivity index (χ1) is 12.5. The van der Waals surface area contributed by atoms with Gasteiger partial charge in [-0.25, -0.2) is 4.68 Å². The van der Waals surface area contributed by atoms with E-state index >= 15 is 0 Å². The number of aromatic nitrogens is 2. The second-order valence-corrected chi connectivity index (χ2v) is 6.68. The first-order valence-electron chi connectivity index (χ1n) is 9.05. The zero-order valence-corrected chi connectivity index (χ0v) is 14.9. The van der Waals surface area contributed by atoms with E-state index in [-0.39, 0.29) is 17.2 Å².